The van der Waals surface area contributed by atoms with Crippen LogP contribution in [0.25, 0.3) is 0 Å². The van der Waals surface area contributed by atoms with Crippen LogP contribution in [-0.4, -0.2) is 35.7 Å². The van der Waals surface area contributed by atoms with Crippen LogP contribution in [-0.2, 0) is 17.8 Å². The zero-order valence-corrected chi connectivity index (χ0v) is 20.6. The molecule has 0 heterocycles. The van der Waals surface area contributed by atoms with E-state index in [0.717, 1.165) is 37.4 Å². The molecule has 0 fully saturated rings. The molecule has 3 aromatic carbocycles. The highest BCUT2D eigenvalue weighted by Gasteiger charge is 2.13. The van der Waals surface area contributed by atoms with Crippen molar-refractivity contribution in [3.05, 3.63) is 101 Å². The average Bonchev–Trinajstić information content (AvgIpc) is 2.82. The van der Waals surface area contributed by atoms with Gasteiger partial charge in [-0.05, 0) is 52.6 Å². The number of aliphatic carboxylic acids is 1. The van der Waals surface area contributed by atoms with E-state index in [0.29, 0.717) is 18.4 Å². The summed E-state index contributed by atoms with van der Waals surface area (Å²) in [7, 11) is 0. The van der Waals surface area contributed by atoms with Crippen LogP contribution in [0.15, 0.2) is 78.9 Å². The summed E-state index contributed by atoms with van der Waals surface area (Å²) in [5.74, 6) is 0.869. The standard InChI is InChI=1S/C30H37NO3/c1-23(2)27-15-13-25(14-16-27)22-31(21-24(3)28-10-5-4-6-11-28)17-8-18-34-29-12-7-9-26(19-29)20-30(32)33/h4-7,9-16,19,23-24H,8,17-18,20-22H2,1-3H3,(H,32,33)/t24-/m0/s1. The molecule has 0 aromatic heterocycles. The quantitative estimate of drug-likeness (QED) is 0.296. The minimum atomic E-state index is -0.832. The maximum Gasteiger partial charge on any atom is 0.307 e. The third kappa shape index (κ3) is 8.35. The summed E-state index contributed by atoms with van der Waals surface area (Å²) in [6, 6.07) is 27.0. The van der Waals surface area contributed by atoms with E-state index >= 15 is 0 Å². The molecule has 4 nitrogen and oxygen atoms in total. The highest BCUT2D eigenvalue weighted by molar-refractivity contribution is 5.70. The smallest absolute Gasteiger partial charge is 0.307 e. The summed E-state index contributed by atoms with van der Waals surface area (Å²) in [5, 5.41) is 9.00. The molecule has 34 heavy (non-hydrogen) atoms. The molecule has 0 saturated carbocycles. The average molecular weight is 460 g/mol. The number of ether oxygens (including phenoxy) is 1. The lowest BCUT2D eigenvalue weighted by Gasteiger charge is -2.26. The third-order valence-electron chi connectivity index (χ3n) is 6.09. The molecule has 0 aliphatic rings. The number of carbonyl (C=O) groups is 1. The number of rotatable bonds is 13. The first-order valence-corrected chi connectivity index (χ1v) is 12.2. The molecule has 0 aliphatic heterocycles. The molecule has 0 saturated heterocycles. The van der Waals surface area contributed by atoms with Gasteiger partial charge in [0.2, 0.25) is 0 Å². The Morgan fingerprint density at radius 3 is 2.29 bits per heavy atom. The Morgan fingerprint density at radius 1 is 0.882 bits per heavy atom. The summed E-state index contributed by atoms with van der Waals surface area (Å²) in [4.78, 5) is 13.5. The Labute approximate surface area is 204 Å². The van der Waals surface area contributed by atoms with Crippen LogP contribution in [0.1, 0.15) is 61.3 Å². The predicted octanol–water partition coefficient (Wildman–Crippen LogP) is 6.51. The first-order valence-electron chi connectivity index (χ1n) is 12.2. The van der Waals surface area contributed by atoms with E-state index < -0.39 is 5.97 Å². The second kappa shape index (κ2) is 13.0. The van der Waals surface area contributed by atoms with Gasteiger partial charge in [0.05, 0.1) is 13.0 Å². The normalized spacial score (nSPS) is 12.1. The van der Waals surface area contributed by atoms with E-state index in [1.165, 1.54) is 16.7 Å². The Hall–Kier alpha value is -3.11. The van der Waals surface area contributed by atoms with E-state index in [2.05, 4.69) is 80.3 Å². The topological polar surface area (TPSA) is 49.8 Å². The summed E-state index contributed by atoms with van der Waals surface area (Å²) >= 11 is 0. The van der Waals surface area contributed by atoms with Crippen LogP contribution in [0.4, 0.5) is 0 Å². The van der Waals surface area contributed by atoms with E-state index in [-0.39, 0.29) is 6.42 Å². The van der Waals surface area contributed by atoms with E-state index in [1.807, 2.05) is 24.3 Å². The highest BCUT2D eigenvalue weighted by Crippen LogP contribution is 2.20. The SMILES string of the molecule is CC(C)c1ccc(CN(CCCOc2cccc(CC(=O)O)c2)C[C@H](C)c2ccccc2)cc1. The van der Waals surface area contributed by atoms with Crippen molar-refractivity contribution in [3.8, 4) is 5.75 Å². The first kappa shape index (κ1) is 25.5. The van der Waals surface area contributed by atoms with Crippen molar-refractivity contribution in [2.24, 2.45) is 0 Å². The van der Waals surface area contributed by atoms with Gasteiger partial charge in [-0.3, -0.25) is 9.69 Å². The molecule has 0 amide bonds. The zero-order valence-electron chi connectivity index (χ0n) is 20.6. The van der Waals surface area contributed by atoms with Gasteiger partial charge in [0.25, 0.3) is 0 Å². The van der Waals surface area contributed by atoms with Crippen molar-refractivity contribution in [2.75, 3.05) is 19.7 Å². The number of hydrogen-bond acceptors (Lipinski definition) is 3. The molecule has 3 rings (SSSR count). The van der Waals surface area contributed by atoms with Gasteiger partial charge in [0.15, 0.2) is 0 Å². The van der Waals surface area contributed by atoms with Gasteiger partial charge in [-0.15, -0.1) is 0 Å². The lowest BCUT2D eigenvalue weighted by Crippen LogP contribution is -2.29. The first-order chi connectivity index (χ1) is 16.4. The molecule has 0 bridgehead atoms. The summed E-state index contributed by atoms with van der Waals surface area (Å²) in [6.45, 7) is 10.1. The fourth-order valence-corrected chi connectivity index (χ4v) is 4.17. The van der Waals surface area contributed by atoms with Gasteiger partial charge in [0, 0.05) is 19.6 Å². The summed E-state index contributed by atoms with van der Waals surface area (Å²) < 4.78 is 5.94. The van der Waals surface area contributed by atoms with Crippen LogP contribution < -0.4 is 4.74 Å². The van der Waals surface area contributed by atoms with Crippen LogP contribution in [0.2, 0.25) is 0 Å². The van der Waals surface area contributed by atoms with Crippen molar-refractivity contribution in [2.45, 2.75) is 52.0 Å². The fourth-order valence-electron chi connectivity index (χ4n) is 4.17. The van der Waals surface area contributed by atoms with Crippen LogP contribution in [0.5, 0.6) is 5.75 Å². The van der Waals surface area contributed by atoms with Crippen molar-refractivity contribution in [1.82, 2.24) is 4.90 Å². The second-order valence-corrected chi connectivity index (χ2v) is 9.36. The largest absolute Gasteiger partial charge is 0.494 e. The molecule has 180 valence electrons. The lowest BCUT2D eigenvalue weighted by atomic mass is 9.99. The van der Waals surface area contributed by atoms with Crippen molar-refractivity contribution >= 4 is 5.97 Å². The van der Waals surface area contributed by atoms with Crippen molar-refractivity contribution in [1.29, 1.82) is 0 Å². The fraction of sp³-hybridized carbons (Fsp3) is 0.367. The van der Waals surface area contributed by atoms with Crippen molar-refractivity contribution in [3.63, 3.8) is 0 Å². The molecule has 0 radical (unpaired) electrons. The molecule has 1 N–H and O–H groups in total. The number of benzene rings is 3. The van der Waals surface area contributed by atoms with Gasteiger partial charge in [-0.2, -0.15) is 0 Å². The van der Waals surface area contributed by atoms with Crippen molar-refractivity contribution < 1.29 is 14.6 Å². The van der Waals surface area contributed by atoms with Gasteiger partial charge in [-0.25, -0.2) is 0 Å². The highest BCUT2D eigenvalue weighted by atomic mass is 16.5. The second-order valence-electron chi connectivity index (χ2n) is 9.36. The Balaban J connectivity index is 1.59. The number of hydrogen-bond donors (Lipinski definition) is 1. The number of carboxylic acids is 1. The van der Waals surface area contributed by atoms with E-state index in [9.17, 15) is 4.79 Å². The molecule has 4 heteroatoms. The zero-order chi connectivity index (χ0) is 24.3. The van der Waals surface area contributed by atoms with Gasteiger partial charge in [0.1, 0.15) is 5.75 Å². The third-order valence-corrected chi connectivity index (χ3v) is 6.09. The Kier molecular flexibility index (Phi) is 9.72. The molecule has 3 aromatic rings. The Bertz CT molecular complexity index is 1010. The van der Waals surface area contributed by atoms with Gasteiger partial charge >= 0.3 is 5.97 Å². The molecule has 0 aliphatic carbocycles. The Morgan fingerprint density at radius 2 is 1.62 bits per heavy atom. The minimum Gasteiger partial charge on any atom is -0.494 e. The minimum absolute atomic E-state index is 0.0119. The number of nitrogens with zero attached hydrogens (tertiary/aromatic N) is 1. The molecule has 0 unspecified atom stereocenters. The lowest BCUT2D eigenvalue weighted by molar-refractivity contribution is -0.136. The molecule has 0 spiro atoms. The van der Waals surface area contributed by atoms with Gasteiger partial charge in [-0.1, -0.05) is 87.5 Å². The maximum absolute atomic E-state index is 11.0. The van der Waals surface area contributed by atoms with E-state index in [4.69, 9.17) is 9.84 Å². The molecular formula is C30H37NO3. The maximum atomic E-state index is 11.0. The molecular weight excluding hydrogens is 422 g/mol. The van der Waals surface area contributed by atoms with Crippen LogP contribution in [0.3, 0.4) is 0 Å². The number of carboxylic acid groups (broad SMARTS) is 1. The van der Waals surface area contributed by atoms with Crippen LogP contribution in [0, 0.1) is 0 Å². The molecule has 1 atom stereocenters. The van der Waals surface area contributed by atoms with Crippen LogP contribution >= 0.6 is 0 Å². The predicted molar refractivity (Wildman–Crippen MR) is 139 cm³/mol. The van der Waals surface area contributed by atoms with E-state index in [1.54, 1.807) is 0 Å². The summed E-state index contributed by atoms with van der Waals surface area (Å²) in [6.07, 6.45) is 0.909. The van der Waals surface area contributed by atoms with Gasteiger partial charge < -0.3 is 9.84 Å². The monoisotopic (exact) mass is 459 g/mol. The summed E-state index contributed by atoms with van der Waals surface area (Å²) in [5.41, 5.74) is 4.81.